The van der Waals surface area contributed by atoms with Crippen LogP contribution < -0.4 is 4.90 Å². The second-order valence-corrected chi connectivity index (χ2v) is 4.54. The van der Waals surface area contributed by atoms with E-state index in [0.29, 0.717) is 32.0 Å². The van der Waals surface area contributed by atoms with Crippen molar-refractivity contribution in [1.29, 1.82) is 0 Å². The number of benzene rings is 1. The van der Waals surface area contributed by atoms with Gasteiger partial charge in [-0.1, -0.05) is 0 Å². The highest BCUT2D eigenvalue weighted by Crippen LogP contribution is 2.28. The fourth-order valence-corrected chi connectivity index (χ4v) is 2.10. The van der Waals surface area contributed by atoms with Gasteiger partial charge in [0, 0.05) is 13.1 Å². The Morgan fingerprint density at radius 1 is 1.41 bits per heavy atom. The molecule has 1 aromatic rings. The molecule has 0 saturated carbocycles. The molecule has 1 heterocycles. The predicted octanol–water partition coefficient (Wildman–Crippen LogP) is 2.12. The summed E-state index contributed by atoms with van der Waals surface area (Å²) in [6.45, 7) is 2.32. The average molecular weight is 304 g/mol. The summed E-state index contributed by atoms with van der Waals surface area (Å²) >= 11 is 3.07. The van der Waals surface area contributed by atoms with Crippen molar-refractivity contribution in [1.82, 2.24) is 0 Å². The number of halogens is 2. The van der Waals surface area contributed by atoms with Gasteiger partial charge in [0.1, 0.15) is 5.82 Å². The van der Waals surface area contributed by atoms with Crippen molar-refractivity contribution in [3.8, 4) is 0 Å². The maximum Gasteiger partial charge on any atom is 0.337 e. The SMILES string of the molecule is O=C(O)c1cc(F)c(Br)cc1N1CCOCC1. The second-order valence-electron chi connectivity index (χ2n) is 3.69. The molecule has 0 radical (unpaired) electrons. The molecule has 0 spiro atoms. The van der Waals surface area contributed by atoms with Crippen molar-refractivity contribution >= 4 is 27.6 Å². The molecular formula is C11H11BrFNO3. The molecule has 2 rings (SSSR count). The molecule has 0 aliphatic carbocycles. The molecule has 4 nitrogen and oxygen atoms in total. The summed E-state index contributed by atoms with van der Waals surface area (Å²) in [5, 5.41) is 9.07. The summed E-state index contributed by atoms with van der Waals surface area (Å²) < 4.78 is 18.8. The molecule has 1 N–H and O–H groups in total. The number of rotatable bonds is 2. The Hall–Kier alpha value is -1.14. The minimum absolute atomic E-state index is 0.0207. The predicted molar refractivity (Wildman–Crippen MR) is 64.1 cm³/mol. The van der Waals surface area contributed by atoms with E-state index in [0.717, 1.165) is 6.07 Å². The third-order valence-electron chi connectivity index (χ3n) is 2.62. The minimum Gasteiger partial charge on any atom is -0.478 e. The Bertz CT molecular complexity index is 447. The summed E-state index contributed by atoms with van der Waals surface area (Å²) in [4.78, 5) is 13.0. The molecule has 1 aliphatic heterocycles. The topological polar surface area (TPSA) is 49.8 Å². The van der Waals surface area contributed by atoms with Crippen LogP contribution in [0.15, 0.2) is 16.6 Å². The Kier molecular flexibility index (Phi) is 3.63. The smallest absolute Gasteiger partial charge is 0.337 e. The van der Waals surface area contributed by atoms with E-state index in [4.69, 9.17) is 9.84 Å². The van der Waals surface area contributed by atoms with E-state index in [1.54, 1.807) is 0 Å². The van der Waals surface area contributed by atoms with E-state index >= 15 is 0 Å². The van der Waals surface area contributed by atoms with E-state index in [-0.39, 0.29) is 10.0 Å². The van der Waals surface area contributed by atoms with Crippen LogP contribution in [0.3, 0.4) is 0 Å². The number of morpholine rings is 1. The Labute approximate surface area is 106 Å². The van der Waals surface area contributed by atoms with Crippen LogP contribution in [0.1, 0.15) is 10.4 Å². The molecule has 0 amide bonds. The third kappa shape index (κ3) is 2.58. The number of carboxylic acid groups (broad SMARTS) is 1. The van der Waals surface area contributed by atoms with Gasteiger partial charge in [-0.05, 0) is 28.1 Å². The van der Waals surface area contributed by atoms with Gasteiger partial charge in [0.05, 0.1) is 28.9 Å². The number of hydrogen-bond donors (Lipinski definition) is 1. The summed E-state index contributed by atoms with van der Waals surface area (Å²) in [5.41, 5.74) is 0.502. The quantitative estimate of drug-likeness (QED) is 0.909. The number of nitrogens with zero attached hydrogens (tertiary/aromatic N) is 1. The molecule has 1 aromatic carbocycles. The zero-order valence-corrected chi connectivity index (χ0v) is 10.5. The molecule has 0 unspecified atom stereocenters. The Balaban J connectivity index is 2.42. The fraction of sp³-hybridized carbons (Fsp3) is 0.364. The van der Waals surface area contributed by atoms with E-state index < -0.39 is 11.8 Å². The lowest BCUT2D eigenvalue weighted by atomic mass is 10.1. The zero-order valence-electron chi connectivity index (χ0n) is 8.95. The molecule has 6 heteroatoms. The van der Waals surface area contributed by atoms with Crippen LogP contribution in [-0.2, 0) is 4.74 Å². The highest BCUT2D eigenvalue weighted by molar-refractivity contribution is 9.10. The third-order valence-corrected chi connectivity index (χ3v) is 3.23. The van der Waals surface area contributed by atoms with Crippen LogP contribution in [0.5, 0.6) is 0 Å². The van der Waals surface area contributed by atoms with Crippen molar-refractivity contribution in [2.75, 3.05) is 31.2 Å². The van der Waals surface area contributed by atoms with Gasteiger partial charge in [-0.3, -0.25) is 0 Å². The van der Waals surface area contributed by atoms with Crippen molar-refractivity contribution in [3.05, 3.63) is 28.0 Å². The van der Waals surface area contributed by atoms with Gasteiger partial charge in [-0.2, -0.15) is 0 Å². The maximum atomic E-state index is 13.3. The second kappa shape index (κ2) is 5.01. The summed E-state index contributed by atoms with van der Waals surface area (Å²) in [6, 6.07) is 2.54. The number of ether oxygens (including phenoxy) is 1. The molecule has 17 heavy (non-hydrogen) atoms. The normalized spacial score (nSPS) is 16.0. The monoisotopic (exact) mass is 303 g/mol. The average Bonchev–Trinajstić information content (AvgIpc) is 2.33. The fourth-order valence-electron chi connectivity index (χ4n) is 1.77. The maximum absolute atomic E-state index is 13.3. The molecule has 0 bridgehead atoms. The summed E-state index contributed by atoms with van der Waals surface area (Å²) in [6.07, 6.45) is 0. The number of carbonyl (C=O) groups is 1. The first-order valence-electron chi connectivity index (χ1n) is 5.14. The van der Waals surface area contributed by atoms with Gasteiger partial charge in [-0.25, -0.2) is 9.18 Å². The number of carboxylic acids is 1. The number of anilines is 1. The molecule has 1 saturated heterocycles. The van der Waals surface area contributed by atoms with Crippen LogP contribution in [-0.4, -0.2) is 37.4 Å². The highest BCUT2D eigenvalue weighted by atomic mass is 79.9. The highest BCUT2D eigenvalue weighted by Gasteiger charge is 2.20. The first kappa shape index (κ1) is 12.3. The van der Waals surface area contributed by atoms with Crippen LogP contribution in [0.4, 0.5) is 10.1 Å². The molecule has 0 atom stereocenters. The van der Waals surface area contributed by atoms with Gasteiger partial charge in [0.25, 0.3) is 0 Å². The molecule has 92 valence electrons. The van der Waals surface area contributed by atoms with E-state index in [2.05, 4.69) is 15.9 Å². The van der Waals surface area contributed by atoms with Crippen LogP contribution in [0.25, 0.3) is 0 Å². The van der Waals surface area contributed by atoms with Crippen molar-refractivity contribution in [2.24, 2.45) is 0 Å². The van der Waals surface area contributed by atoms with Gasteiger partial charge < -0.3 is 14.7 Å². The van der Waals surface area contributed by atoms with E-state index in [1.165, 1.54) is 6.07 Å². The van der Waals surface area contributed by atoms with Crippen molar-refractivity contribution in [3.63, 3.8) is 0 Å². The van der Waals surface area contributed by atoms with Gasteiger partial charge in [-0.15, -0.1) is 0 Å². The molecule has 1 aliphatic rings. The van der Waals surface area contributed by atoms with Gasteiger partial charge in [0.15, 0.2) is 0 Å². The van der Waals surface area contributed by atoms with E-state index in [9.17, 15) is 9.18 Å². The van der Waals surface area contributed by atoms with Gasteiger partial charge >= 0.3 is 5.97 Å². The summed E-state index contributed by atoms with van der Waals surface area (Å²) in [5.74, 6) is -1.70. The summed E-state index contributed by atoms with van der Waals surface area (Å²) in [7, 11) is 0. The van der Waals surface area contributed by atoms with E-state index in [1.807, 2.05) is 4.90 Å². The van der Waals surface area contributed by atoms with Crippen LogP contribution in [0.2, 0.25) is 0 Å². The molecular weight excluding hydrogens is 293 g/mol. The molecule has 1 fully saturated rings. The van der Waals surface area contributed by atoms with Crippen molar-refractivity contribution in [2.45, 2.75) is 0 Å². The standard InChI is InChI=1S/C11H11BrFNO3/c12-8-6-10(14-1-3-17-4-2-14)7(11(15)16)5-9(8)13/h5-6H,1-4H2,(H,15,16). The lowest BCUT2D eigenvalue weighted by Crippen LogP contribution is -2.37. The largest absolute Gasteiger partial charge is 0.478 e. The molecule has 0 aromatic heterocycles. The minimum atomic E-state index is -1.13. The van der Waals surface area contributed by atoms with Crippen LogP contribution >= 0.6 is 15.9 Å². The lowest BCUT2D eigenvalue weighted by Gasteiger charge is -2.30. The Morgan fingerprint density at radius 2 is 2.06 bits per heavy atom. The van der Waals surface area contributed by atoms with Crippen LogP contribution in [0, 0.1) is 5.82 Å². The Morgan fingerprint density at radius 3 is 2.65 bits per heavy atom. The van der Waals surface area contributed by atoms with Gasteiger partial charge in [0.2, 0.25) is 0 Å². The zero-order chi connectivity index (χ0) is 12.4. The number of aromatic carboxylic acids is 1. The first-order valence-corrected chi connectivity index (χ1v) is 5.94. The first-order chi connectivity index (χ1) is 8.09. The number of hydrogen-bond acceptors (Lipinski definition) is 3. The lowest BCUT2D eigenvalue weighted by molar-refractivity contribution is 0.0695. The van der Waals surface area contributed by atoms with Crippen molar-refractivity contribution < 1.29 is 19.0 Å².